The smallest absolute Gasteiger partial charge is 0.272 e. The second-order valence-electron chi connectivity index (χ2n) is 4.87. The summed E-state index contributed by atoms with van der Waals surface area (Å²) in [5.41, 5.74) is -0.618. The van der Waals surface area contributed by atoms with E-state index in [1.54, 1.807) is 0 Å². The Kier molecular flexibility index (Phi) is 4.29. The molecule has 20 heavy (non-hydrogen) atoms. The van der Waals surface area contributed by atoms with Crippen LogP contribution < -0.4 is 5.32 Å². The van der Waals surface area contributed by atoms with Crippen molar-refractivity contribution >= 4 is 11.6 Å². The second kappa shape index (κ2) is 5.96. The molecule has 7 heteroatoms. The second-order valence-corrected chi connectivity index (χ2v) is 4.87. The normalized spacial score (nSPS) is 21.7. The first kappa shape index (κ1) is 14.4. The predicted octanol–water partition coefficient (Wildman–Crippen LogP) is 1.62. The van der Waals surface area contributed by atoms with E-state index in [9.17, 15) is 24.4 Å². The van der Waals surface area contributed by atoms with Gasteiger partial charge in [0.2, 0.25) is 0 Å². The predicted molar refractivity (Wildman–Crippen MR) is 68.7 cm³/mol. The molecule has 1 aromatic carbocycles. The number of aliphatic hydroxyl groups excluding tert-OH is 1. The summed E-state index contributed by atoms with van der Waals surface area (Å²) < 4.78 is 13.7. The Hall–Kier alpha value is -2.02. The summed E-state index contributed by atoms with van der Waals surface area (Å²) >= 11 is 0. The van der Waals surface area contributed by atoms with Gasteiger partial charge in [-0.3, -0.25) is 14.9 Å². The maximum absolute atomic E-state index is 13.7. The van der Waals surface area contributed by atoms with Gasteiger partial charge in [0.25, 0.3) is 11.6 Å². The number of nitrogens with zero attached hydrogens (tertiary/aromatic N) is 1. The molecule has 2 rings (SSSR count). The standard InChI is InChI=1S/C13H15FN2O4/c14-11-6-9(16(19)20)4-5-10(11)13(18)15-12-3-1-2-8(12)7-17/h4-6,8,12,17H,1-3,7H2,(H,15,18). The zero-order chi connectivity index (χ0) is 14.7. The summed E-state index contributed by atoms with van der Waals surface area (Å²) in [6, 6.07) is 2.75. The van der Waals surface area contributed by atoms with Crippen LogP contribution in [0.3, 0.4) is 0 Å². The van der Waals surface area contributed by atoms with E-state index >= 15 is 0 Å². The quantitative estimate of drug-likeness (QED) is 0.648. The number of nitro groups is 1. The summed E-state index contributed by atoms with van der Waals surface area (Å²) in [5.74, 6) is -1.54. The van der Waals surface area contributed by atoms with Gasteiger partial charge < -0.3 is 10.4 Å². The van der Waals surface area contributed by atoms with Crippen molar-refractivity contribution in [1.29, 1.82) is 0 Å². The zero-order valence-corrected chi connectivity index (χ0v) is 10.7. The molecular formula is C13H15FN2O4. The van der Waals surface area contributed by atoms with Crippen molar-refractivity contribution in [2.24, 2.45) is 5.92 Å². The van der Waals surface area contributed by atoms with Crippen LogP contribution in [0.5, 0.6) is 0 Å². The first-order valence-electron chi connectivity index (χ1n) is 6.38. The molecule has 108 valence electrons. The van der Waals surface area contributed by atoms with Crippen LogP contribution in [0.4, 0.5) is 10.1 Å². The van der Waals surface area contributed by atoms with E-state index in [2.05, 4.69) is 5.32 Å². The topological polar surface area (TPSA) is 92.5 Å². The lowest BCUT2D eigenvalue weighted by atomic mass is 10.0. The number of carbonyl (C=O) groups excluding carboxylic acids is 1. The van der Waals surface area contributed by atoms with Crippen LogP contribution >= 0.6 is 0 Å². The summed E-state index contributed by atoms with van der Waals surface area (Å²) in [7, 11) is 0. The summed E-state index contributed by atoms with van der Waals surface area (Å²) in [6.07, 6.45) is 2.47. The molecule has 1 amide bonds. The van der Waals surface area contributed by atoms with Gasteiger partial charge in [0, 0.05) is 24.6 Å². The zero-order valence-electron chi connectivity index (χ0n) is 10.7. The van der Waals surface area contributed by atoms with Crippen LogP contribution in [0.2, 0.25) is 0 Å². The van der Waals surface area contributed by atoms with Crippen LogP contribution in [0.15, 0.2) is 18.2 Å². The number of amides is 1. The summed E-state index contributed by atoms with van der Waals surface area (Å²) in [4.78, 5) is 21.7. The average Bonchev–Trinajstić information content (AvgIpc) is 2.85. The largest absolute Gasteiger partial charge is 0.396 e. The highest BCUT2D eigenvalue weighted by atomic mass is 19.1. The molecule has 0 saturated heterocycles. The van der Waals surface area contributed by atoms with E-state index in [4.69, 9.17) is 0 Å². The average molecular weight is 282 g/mol. The van der Waals surface area contributed by atoms with E-state index in [0.717, 1.165) is 37.5 Å². The lowest BCUT2D eigenvalue weighted by molar-refractivity contribution is -0.385. The van der Waals surface area contributed by atoms with Crippen molar-refractivity contribution in [2.75, 3.05) is 6.61 Å². The minimum atomic E-state index is -0.921. The van der Waals surface area contributed by atoms with Crippen molar-refractivity contribution in [2.45, 2.75) is 25.3 Å². The van der Waals surface area contributed by atoms with Crippen molar-refractivity contribution in [3.8, 4) is 0 Å². The summed E-state index contributed by atoms with van der Waals surface area (Å²) in [6.45, 7) is -0.0201. The number of hydrogen-bond acceptors (Lipinski definition) is 4. The fraction of sp³-hybridized carbons (Fsp3) is 0.462. The van der Waals surface area contributed by atoms with Crippen LogP contribution in [0.25, 0.3) is 0 Å². The van der Waals surface area contributed by atoms with E-state index in [1.807, 2.05) is 0 Å². The molecule has 2 N–H and O–H groups in total. The Morgan fingerprint density at radius 2 is 2.25 bits per heavy atom. The highest BCUT2D eigenvalue weighted by Gasteiger charge is 2.29. The third-order valence-electron chi connectivity index (χ3n) is 3.62. The van der Waals surface area contributed by atoms with Gasteiger partial charge in [-0.15, -0.1) is 0 Å². The van der Waals surface area contributed by atoms with Crippen molar-refractivity contribution < 1.29 is 19.2 Å². The molecule has 1 fully saturated rings. The Morgan fingerprint density at radius 1 is 1.50 bits per heavy atom. The number of non-ortho nitro benzene ring substituents is 1. The molecule has 1 aliphatic carbocycles. The number of nitrogens with one attached hydrogen (secondary N) is 1. The first-order valence-corrected chi connectivity index (χ1v) is 6.38. The molecule has 6 nitrogen and oxygen atoms in total. The molecule has 0 bridgehead atoms. The molecule has 0 aromatic heterocycles. The van der Waals surface area contributed by atoms with E-state index < -0.39 is 22.3 Å². The Balaban J connectivity index is 2.11. The summed E-state index contributed by atoms with van der Waals surface area (Å²) in [5, 5.41) is 22.4. The Labute approximate surface area is 114 Å². The van der Waals surface area contributed by atoms with Crippen LogP contribution in [-0.4, -0.2) is 28.6 Å². The molecule has 2 unspecified atom stereocenters. The van der Waals surface area contributed by atoms with Gasteiger partial charge in [-0.1, -0.05) is 6.42 Å². The molecule has 1 aliphatic rings. The number of rotatable bonds is 4. The fourth-order valence-electron chi connectivity index (χ4n) is 2.49. The molecule has 0 aliphatic heterocycles. The van der Waals surface area contributed by atoms with Crippen LogP contribution in [0, 0.1) is 21.8 Å². The maximum Gasteiger partial charge on any atom is 0.272 e. The highest BCUT2D eigenvalue weighted by molar-refractivity contribution is 5.94. The third-order valence-corrected chi connectivity index (χ3v) is 3.62. The molecular weight excluding hydrogens is 267 g/mol. The Morgan fingerprint density at radius 3 is 2.85 bits per heavy atom. The maximum atomic E-state index is 13.7. The first-order chi connectivity index (χ1) is 9.52. The van der Waals surface area contributed by atoms with Gasteiger partial charge in [-0.25, -0.2) is 4.39 Å². The molecule has 0 spiro atoms. The van der Waals surface area contributed by atoms with Crippen molar-refractivity contribution in [1.82, 2.24) is 5.32 Å². The van der Waals surface area contributed by atoms with E-state index in [-0.39, 0.29) is 24.1 Å². The molecule has 1 saturated carbocycles. The number of benzene rings is 1. The Bertz CT molecular complexity index is 535. The molecule has 1 aromatic rings. The molecule has 0 heterocycles. The highest BCUT2D eigenvalue weighted by Crippen LogP contribution is 2.25. The lowest BCUT2D eigenvalue weighted by Gasteiger charge is -2.19. The van der Waals surface area contributed by atoms with Gasteiger partial charge in [0.15, 0.2) is 0 Å². The van der Waals surface area contributed by atoms with Gasteiger partial charge >= 0.3 is 0 Å². The van der Waals surface area contributed by atoms with Gasteiger partial charge in [0.1, 0.15) is 5.82 Å². The van der Waals surface area contributed by atoms with Gasteiger partial charge in [-0.05, 0) is 18.9 Å². The number of halogens is 1. The number of aliphatic hydroxyl groups is 1. The van der Waals surface area contributed by atoms with Crippen LogP contribution in [0.1, 0.15) is 29.6 Å². The minimum Gasteiger partial charge on any atom is -0.396 e. The SMILES string of the molecule is O=C(NC1CCCC1CO)c1ccc([N+](=O)[O-])cc1F. The van der Waals surface area contributed by atoms with Gasteiger partial charge in [0.05, 0.1) is 16.6 Å². The third kappa shape index (κ3) is 2.93. The van der Waals surface area contributed by atoms with E-state index in [0.29, 0.717) is 0 Å². The van der Waals surface area contributed by atoms with Crippen LogP contribution in [-0.2, 0) is 0 Å². The molecule has 0 radical (unpaired) electrons. The number of carbonyl (C=O) groups is 1. The fourth-order valence-corrected chi connectivity index (χ4v) is 2.49. The van der Waals surface area contributed by atoms with Gasteiger partial charge in [-0.2, -0.15) is 0 Å². The van der Waals surface area contributed by atoms with Crippen molar-refractivity contribution in [3.63, 3.8) is 0 Å². The lowest BCUT2D eigenvalue weighted by Crippen LogP contribution is -2.38. The van der Waals surface area contributed by atoms with Crippen molar-refractivity contribution in [3.05, 3.63) is 39.7 Å². The monoisotopic (exact) mass is 282 g/mol. The minimum absolute atomic E-state index is 0.0138. The number of nitro benzene ring substituents is 1. The number of hydrogen-bond donors (Lipinski definition) is 2. The molecule has 2 atom stereocenters. The van der Waals surface area contributed by atoms with E-state index in [1.165, 1.54) is 0 Å².